The van der Waals surface area contributed by atoms with Crippen molar-refractivity contribution in [2.75, 3.05) is 5.75 Å². The lowest BCUT2D eigenvalue weighted by atomic mass is 10.8. The van der Waals surface area contributed by atoms with Crippen LogP contribution in [-0.4, -0.2) is 20.1 Å². The first-order valence-corrected chi connectivity index (χ1v) is 3.33. The summed E-state index contributed by atoms with van der Waals surface area (Å²) >= 11 is 0. The molecule has 0 rings (SSSR count). The van der Waals surface area contributed by atoms with Crippen LogP contribution in [0.4, 0.5) is 0 Å². The Labute approximate surface area is 46.2 Å². The van der Waals surface area contributed by atoms with Gasteiger partial charge in [0, 0.05) is 0 Å². The maximum absolute atomic E-state index is 9.80. The van der Waals surface area contributed by atoms with Crippen LogP contribution in [0.15, 0.2) is 0 Å². The molecule has 0 amide bonds. The summed E-state index contributed by atoms with van der Waals surface area (Å²) in [4.78, 5) is 9.44. The molecular formula is C2H4NO4S-. The number of primary sulfonamides is 1. The van der Waals surface area contributed by atoms with Crippen LogP contribution in [0.25, 0.3) is 0 Å². The molecule has 0 heterocycles. The number of hydrogen-bond acceptors (Lipinski definition) is 4. The Morgan fingerprint density at radius 3 is 2.00 bits per heavy atom. The Balaban J connectivity index is 3.95. The van der Waals surface area contributed by atoms with Crippen LogP contribution in [0, 0.1) is 0 Å². The van der Waals surface area contributed by atoms with Gasteiger partial charge in [0.05, 0.1) is 5.97 Å². The Morgan fingerprint density at radius 1 is 1.62 bits per heavy atom. The Bertz CT molecular complexity index is 180. The molecule has 0 bridgehead atoms. The third kappa shape index (κ3) is 5.38. The molecule has 0 saturated carbocycles. The second kappa shape index (κ2) is 2.10. The van der Waals surface area contributed by atoms with Gasteiger partial charge in [-0.1, -0.05) is 0 Å². The summed E-state index contributed by atoms with van der Waals surface area (Å²) in [5.74, 6) is -2.81. The smallest absolute Gasteiger partial charge is 0.214 e. The molecule has 2 N–H and O–H groups in total. The van der Waals surface area contributed by atoms with Crippen molar-refractivity contribution in [2.45, 2.75) is 0 Å². The molecule has 0 saturated heterocycles. The minimum atomic E-state index is -3.89. The summed E-state index contributed by atoms with van der Waals surface area (Å²) in [6, 6.07) is 0. The number of carbonyl (C=O) groups is 1. The fourth-order valence-electron chi connectivity index (χ4n) is 0.164. The predicted molar refractivity (Wildman–Crippen MR) is 23.0 cm³/mol. The summed E-state index contributed by atoms with van der Waals surface area (Å²) < 4.78 is 19.6. The molecular weight excluding hydrogens is 134 g/mol. The predicted octanol–water partition coefficient (Wildman–Crippen LogP) is -2.98. The maximum Gasteiger partial charge on any atom is 0.214 e. The van der Waals surface area contributed by atoms with E-state index in [2.05, 4.69) is 5.14 Å². The number of rotatable bonds is 2. The molecule has 0 aliphatic rings. The van der Waals surface area contributed by atoms with Crippen LogP contribution in [0.5, 0.6) is 0 Å². The van der Waals surface area contributed by atoms with Crippen molar-refractivity contribution in [3.05, 3.63) is 0 Å². The third-order valence-electron chi connectivity index (χ3n) is 0.319. The first kappa shape index (κ1) is 7.38. The van der Waals surface area contributed by atoms with Crippen LogP contribution in [-0.2, 0) is 14.8 Å². The third-order valence-corrected chi connectivity index (χ3v) is 0.957. The van der Waals surface area contributed by atoms with Gasteiger partial charge in [-0.25, -0.2) is 13.6 Å². The van der Waals surface area contributed by atoms with Gasteiger partial charge in [0.2, 0.25) is 10.0 Å². The molecule has 0 aliphatic heterocycles. The highest BCUT2D eigenvalue weighted by Crippen LogP contribution is 1.71. The van der Waals surface area contributed by atoms with Crippen molar-refractivity contribution >= 4 is 16.0 Å². The van der Waals surface area contributed by atoms with Gasteiger partial charge in [-0.05, 0) is 0 Å². The maximum atomic E-state index is 9.80. The lowest BCUT2D eigenvalue weighted by molar-refractivity contribution is -0.301. The van der Waals surface area contributed by atoms with Crippen molar-refractivity contribution in [1.29, 1.82) is 0 Å². The zero-order valence-electron chi connectivity index (χ0n) is 3.83. The molecule has 0 unspecified atom stereocenters. The highest BCUT2D eigenvalue weighted by Gasteiger charge is 1.99. The van der Waals surface area contributed by atoms with Gasteiger partial charge in [0.15, 0.2) is 0 Å². The molecule has 0 atom stereocenters. The number of nitrogens with two attached hydrogens (primary N) is 1. The molecule has 0 radical (unpaired) electrons. The van der Waals surface area contributed by atoms with E-state index in [4.69, 9.17) is 0 Å². The summed E-state index contributed by atoms with van der Waals surface area (Å²) in [5.41, 5.74) is 0. The van der Waals surface area contributed by atoms with Crippen molar-refractivity contribution < 1.29 is 18.3 Å². The molecule has 8 heavy (non-hydrogen) atoms. The van der Waals surface area contributed by atoms with Gasteiger partial charge in [-0.3, -0.25) is 0 Å². The van der Waals surface area contributed by atoms with E-state index < -0.39 is 21.7 Å². The van der Waals surface area contributed by atoms with Crippen molar-refractivity contribution in [1.82, 2.24) is 0 Å². The van der Waals surface area contributed by atoms with Gasteiger partial charge in [0.1, 0.15) is 5.75 Å². The number of carboxylic acid groups (broad SMARTS) is 1. The normalized spacial score (nSPS) is 11.1. The largest absolute Gasteiger partial charge is 0.549 e. The van der Waals surface area contributed by atoms with Crippen LogP contribution >= 0.6 is 0 Å². The van der Waals surface area contributed by atoms with E-state index in [1.165, 1.54) is 0 Å². The van der Waals surface area contributed by atoms with Gasteiger partial charge in [-0.15, -0.1) is 0 Å². The number of sulfonamides is 1. The van der Waals surface area contributed by atoms with Gasteiger partial charge >= 0.3 is 0 Å². The van der Waals surface area contributed by atoms with E-state index in [1.54, 1.807) is 0 Å². The molecule has 48 valence electrons. The van der Waals surface area contributed by atoms with Gasteiger partial charge in [0.25, 0.3) is 0 Å². The lowest BCUT2D eigenvalue weighted by Crippen LogP contribution is -2.33. The fraction of sp³-hybridized carbons (Fsp3) is 0.500. The van der Waals surface area contributed by atoms with Crippen molar-refractivity contribution in [2.24, 2.45) is 5.14 Å². The average molecular weight is 138 g/mol. The zero-order chi connectivity index (χ0) is 6.78. The van der Waals surface area contributed by atoms with Crippen LogP contribution in [0.2, 0.25) is 0 Å². The van der Waals surface area contributed by atoms with Crippen LogP contribution in [0.1, 0.15) is 0 Å². The average Bonchev–Trinajstić information content (AvgIpc) is 1.21. The van der Waals surface area contributed by atoms with Crippen LogP contribution in [0.3, 0.4) is 0 Å². The highest BCUT2D eigenvalue weighted by molar-refractivity contribution is 7.89. The monoisotopic (exact) mass is 138 g/mol. The summed E-state index contributed by atoms with van der Waals surface area (Å²) in [5, 5.41) is 13.7. The zero-order valence-corrected chi connectivity index (χ0v) is 4.64. The quantitative estimate of drug-likeness (QED) is 0.440. The number of hydrogen-bond donors (Lipinski definition) is 1. The van der Waals surface area contributed by atoms with E-state index in [9.17, 15) is 18.3 Å². The molecule has 0 aromatic rings. The number of aliphatic carboxylic acids is 1. The van der Waals surface area contributed by atoms with Crippen LogP contribution < -0.4 is 10.2 Å². The molecule has 0 aromatic carbocycles. The minimum absolute atomic E-state index is 1.12. The first-order chi connectivity index (χ1) is 3.42. The van der Waals surface area contributed by atoms with E-state index >= 15 is 0 Å². The summed E-state index contributed by atoms with van der Waals surface area (Å²) in [7, 11) is -3.89. The Hall–Kier alpha value is -0.620. The fourth-order valence-corrected chi connectivity index (χ4v) is 0.493. The summed E-state index contributed by atoms with van der Waals surface area (Å²) in [6.07, 6.45) is 0. The van der Waals surface area contributed by atoms with Gasteiger partial charge in [-0.2, -0.15) is 0 Å². The molecule has 6 heteroatoms. The first-order valence-electron chi connectivity index (χ1n) is 1.62. The minimum Gasteiger partial charge on any atom is -0.549 e. The molecule has 5 nitrogen and oxygen atoms in total. The highest BCUT2D eigenvalue weighted by atomic mass is 32.2. The standard InChI is InChI=1S/C2H5NO4S/c3-8(6,7)1-2(4)5/h1H2,(H,4,5)(H2,3,6,7)/p-1. The van der Waals surface area contributed by atoms with Gasteiger partial charge < -0.3 is 9.90 Å². The molecule has 0 aliphatic carbocycles. The Kier molecular flexibility index (Phi) is 1.94. The molecule has 0 aromatic heterocycles. The molecule has 0 spiro atoms. The van der Waals surface area contributed by atoms with E-state index in [1.807, 2.05) is 0 Å². The summed E-state index contributed by atoms with van der Waals surface area (Å²) in [6.45, 7) is 0. The van der Waals surface area contributed by atoms with Crippen molar-refractivity contribution in [3.8, 4) is 0 Å². The number of carbonyl (C=O) groups excluding carboxylic acids is 1. The Morgan fingerprint density at radius 2 is 2.00 bits per heavy atom. The van der Waals surface area contributed by atoms with E-state index in [-0.39, 0.29) is 0 Å². The molecule has 0 fully saturated rings. The van der Waals surface area contributed by atoms with Crippen molar-refractivity contribution in [3.63, 3.8) is 0 Å². The van der Waals surface area contributed by atoms with E-state index in [0.717, 1.165) is 0 Å². The second-order valence-electron chi connectivity index (χ2n) is 1.18. The SMILES string of the molecule is NS(=O)(=O)CC(=O)[O-]. The lowest BCUT2D eigenvalue weighted by Gasteiger charge is -1.95. The van der Waals surface area contributed by atoms with E-state index in [0.29, 0.717) is 0 Å². The topological polar surface area (TPSA) is 100 Å². The second-order valence-corrected chi connectivity index (χ2v) is 2.79. The number of carboxylic acids is 1.